The van der Waals surface area contributed by atoms with Gasteiger partial charge in [0, 0.05) is 23.8 Å². The van der Waals surface area contributed by atoms with Gasteiger partial charge in [0.2, 0.25) is 0 Å². The molecule has 0 atom stereocenters. The number of aromatic nitrogens is 3. The van der Waals surface area contributed by atoms with E-state index in [0.29, 0.717) is 17.3 Å². The van der Waals surface area contributed by atoms with Crippen LogP contribution >= 0.6 is 0 Å². The van der Waals surface area contributed by atoms with E-state index < -0.39 is 0 Å². The minimum Gasteiger partial charge on any atom is -0.393 e. The number of nitrogens with one attached hydrogen (secondary N) is 2. The molecule has 0 radical (unpaired) electrons. The van der Waals surface area contributed by atoms with Crippen molar-refractivity contribution in [1.29, 1.82) is 0 Å². The van der Waals surface area contributed by atoms with Gasteiger partial charge in [-0.05, 0) is 36.8 Å². The quantitative estimate of drug-likeness (QED) is 0.684. The molecule has 0 bridgehead atoms. The highest BCUT2D eigenvalue weighted by atomic mass is 15.1. The lowest BCUT2D eigenvalue weighted by atomic mass is 10.2. The lowest BCUT2D eigenvalue weighted by molar-refractivity contribution is 1.17. The van der Waals surface area contributed by atoms with Crippen LogP contribution in [0.25, 0.3) is 0 Å². The summed E-state index contributed by atoms with van der Waals surface area (Å²) in [7, 11) is 0. The lowest BCUT2D eigenvalue weighted by Gasteiger charge is -2.12. The summed E-state index contributed by atoms with van der Waals surface area (Å²) in [6, 6.07) is 11.7. The Morgan fingerprint density at radius 1 is 0.909 bits per heavy atom. The summed E-state index contributed by atoms with van der Waals surface area (Å²) in [6.07, 6.45) is 4.87. The molecule has 0 fully saturated rings. The normalized spacial score (nSPS) is 10.2. The Morgan fingerprint density at radius 2 is 1.59 bits per heavy atom. The fourth-order valence-corrected chi connectivity index (χ4v) is 2.03. The molecule has 22 heavy (non-hydrogen) atoms. The predicted octanol–water partition coefficient (Wildman–Crippen LogP) is 3.25. The fourth-order valence-electron chi connectivity index (χ4n) is 2.03. The van der Waals surface area contributed by atoms with Crippen LogP contribution in [0.3, 0.4) is 0 Å². The van der Waals surface area contributed by atoms with Crippen molar-refractivity contribution in [1.82, 2.24) is 15.0 Å². The number of anilines is 5. The van der Waals surface area contributed by atoms with Crippen LogP contribution in [0.2, 0.25) is 0 Å². The Kier molecular flexibility index (Phi) is 3.82. The van der Waals surface area contributed by atoms with Crippen molar-refractivity contribution in [2.24, 2.45) is 0 Å². The third-order valence-corrected chi connectivity index (χ3v) is 3.11. The average Bonchev–Trinajstić information content (AvgIpc) is 2.52. The largest absolute Gasteiger partial charge is 0.393 e. The smallest absolute Gasteiger partial charge is 0.159 e. The van der Waals surface area contributed by atoms with E-state index in [1.165, 1.54) is 6.33 Å². The van der Waals surface area contributed by atoms with E-state index in [9.17, 15) is 0 Å². The van der Waals surface area contributed by atoms with Gasteiger partial charge in [-0.3, -0.25) is 4.98 Å². The third-order valence-electron chi connectivity index (χ3n) is 3.11. The molecule has 0 aliphatic rings. The van der Waals surface area contributed by atoms with Gasteiger partial charge in [-0.15, -0.1) is 0 Å². The maximum Gasteiger partial charge on any atom is 0.159 e. The monoisotopic (exact) mass is 292 g/mol. The standard InChI is InChI=1S/C16H16N6/c1-11-3-2-4-13(9-11)22-16-14(17)15(19-10-20-16)21-12-5-7-18-8-6-12/h2-10H,17H2,1H3,(H2,18,19,20,21,22). The van der Waals surface area contributed by atoms with Crippen LogP contribution in [-0.4, -0.2) is 15.0 Å². The molecule has 1 aromatic carbocycles. The molecular weight excluding hydrogens is 276 g/mol. The lowest BCUT2D eigenvalue weighted by Crippen LogP contribution is -2.05. The summed E-state index contributed by atoms with van der Waals surface area (Å²) in [5, 5.41) is 6.36. The third kappa shape index (κ3) is 3.12. The molecule has 110 valence electrons. The van der Waals surface area contributed by atoms with Gasteiger partial charge in [0.25, 0.3) is 0 Å². The molecule has 3 aromatic rings. The summed E-state index contributed by atoms with van der Waals surface area (Å²) in [5.41, 5.74) is 9.56. The SMILES string of the molecule is Cc1cccc(Nc2ncnc(Nc3ccncc3)c2N)c1. The molecule has 0 saturated carbocycles. The minimum absolute atomic E-state index is 0.459. The highest BCUT2D eigenvalue weighted by molar-refractivity contribution is 5.80. The molecule has 0 aliphatic carbocycles. The van der Waals surface area contributed by atoms with Crippen LogP contribution in [0.4, 0.5) is 28.7 Å². The average molecular weight is 292 g/mol. The Morgan fingerprint density at radius 3 is 2.27 bits per heavy atom. The molecule has 0 unspecified atom stereocenters. The van der Waals surface area contributed by atoms with Crippen molar-refractivity contribution >= 4 is 28.7 Å². The predicted molar refractivity (Wildman–Crippen MR) is 88.4 cm³/mol. The fraction of sp³-hybridized carbons (Fsp3) is 0.0625. The van der Waals surface area contributed by atoms with Crippen LogP contribution in [0, 0.1) is 6.92 Å². The summed E-state index contributed by atoms with van der Waals surface area (Å²) in [5.74, 6) is 1.12. The highest BCUT2D eigenvalue weighted by Gasteiger charge is 2.08. The topological polar surface area (TPSA) is 88.8 Å². The van der Waals surface area contributed by atoms with E-state index in [-0.39, 0.29) is 0 Å². The zero-order valence-corrected chi connectivity index (χ0v) is 12.1. The van der Waals surface area contributed by atoms with E-state index in [1.54, 1.807) is 12.4 Å². The Bertz CT molecular complexity index is 773. The Hall–Kier alpha value is -3.15. The first-order valence-electron chi connectivity index (χ1n) is 6.83. The maximum atomic E-state index is 6.15. The van der Waals surface area contributed by atoms with Gasteiger partial charge in [0.1, 0.15) is 12.0 Å². The van der Waals surface area contributed by atoms with E-state index in [2.05, 4.69) is 25.6 Å². The summed E-state index contributed by atoms with van der Waals surface area (Å²) in [6.45, 7) is 2.03. The number of nitrogens with two attached hydrogens (primary N) is 1. The molecule has 6 nitrogen and oxygen atoms in total. The first-order valence-corrected chi connectivity index (χ1v) is 6.83. The Balaban J connectivity index is 1.86. The van der Waals surface area contributed by atoms with Gasteiger partial charge in [-0.1, -0.05) is 12.1 Å². The van der Waals surface area contributed by atoms with Gasteiger partial charge in [-0.2, -0.15) is 0 Å². The van der Waals surface area contributed by atoms with Crippen molar-refractivity contribution < 1.29 is 0 Å². The highest BCUT2D eigenvalue weighted by Crippen LogP contribution is 2.27. The number of hydrogen-bond acceptors (Lipinski definition) is 6. The van der Waals surface area contributed by atoms with Crippen molar-refractivity contribution in [2.75, 3.05) is 16.4 Å². The molecule has 2 aromatic heterocycles. The maximum absolute atomic E-state index is 6.15. The van der Waals surface area contributed by atoms with E-state index in [0.717, 1.165) is 16.9 Å². The number of hydrogen-bond donors (Lipinski definition) is 3. The number of benzene rings is 1. The summed E-state index contributed by atoms with van der Waals surface area (Å²) < 4.78 is 0. The van der Waals surface area contributed by atoms with Crippen LogP contribution in [0.15, 0.2) is 55.1 Å². The van der Waals surface area contributed by atoms with Crippen molar-refractivity contribution in [3.63, 3.8) is 0 Å². The number of aryl methyl sites for hydroxylation is 1. The van der Waals surface area contributed by atoms with Crippen molar-refractivity contribution in [3.05, 3.63) is 60.7 Å². The van der Waals surface area contributed by atoms with Crippen LogP contribution in [0.5, 0.6) is 0 Å². The van der Waals surface area contributed by atoms with Crippen LogP contribution < -0.4 is 16.4 Å². The number of pyridine rings is 1. The first kappa shape index (κ1) is 13.8. The van der Waals surface area contributed by atoms with E-state index in [1.807, 2.05) is 43.3 Å². The molecule has 3 rings (SSSR count). The first-order chi connectivity index (χ1) is 10.7. The Labute approximate surface area is 128 Å². The number of rotatable bonds is 4. The molecule has 0 aliphatic heterocycles. The molecule has 4 N–H and O–H groups in total. The molecule has 0 amide bonds. The van der Waals surface area contributed by atoms with Crippen molar-refractivity contribution in [2.45, 2.75) is 6.92 Å². The number of nitrogen functional groups attached to an aromatic ring is 1. The number of nitrogens with zero attached hydrogens (tertiary/aromatic N) is 3. The molecule has 2 heterocycles. The van der Waals surface area contributed by atoms with Crippen molar-refractivity contribution in [3.8, 4) is 0 Å². The van der Waals surface area contributed by atoms with Gasteiger partial charge in [0.15, 0.2) is 11.6 Å². The van der Waals surface area contributed by atoms with E-state index >= 15 is 0 Å². The molecule has 0 saturated heterocycles. The van der Waals surface area contributed by atoms with Crippen LogP contribution in [-0.2, 0) is 0 Å². The molecule has 0 spiro atoms. The second kappa shape index (κ2) is 6.09. The van der Waals surface area contributed by atoms with Gasteiger partial charge in [-0.25, -0.2) is 9.97 Å². The second-order valence-electron chi connectivity index (χ2n) is 4.84. The second-order valence-corrected chi connectivity index (χ2v) is 4.84. The minimum atomic E-state index is 0.459. The van der Waals surface area contributed by atoms with Gasteiger partial charge >= 0.3 is 0 Å². The molecular formula is C16H16N6. The summed E-state index contributed by atoms with van der Waals surface area (Å²) in [4.78, 5) is 12.4. The van der Waals surface area contributed by atoms with Crippen LogP contribution in [0.1, 0.15) is 5.56 Å². The van der Waals surface area contributed by atoms with Gasteiger partial charge in [0.05, 0.1) is 0 Å². The van der Waals surface area contributed by atoms with E-state index in [4.69, 9.17) is 5.73 Å². The summed E-state index contributed by atoms with van der Waals surface area (Å²) >= 11 is 0. The van der Waals surface area contributed by atoms with Gasteiger partial charge < -0.3 is 16.4 Å². The molecule has 6 heteroatoms. The zero-order valence-electron chi connectivity index (χ0n) is 12.1. The zero-order chi connectivity index (χ0) is 15.4.